The molecule has 2 unspecified atom stereocenters. The molecule has 96 valence electrons. The Kier molecular flexibility index (Phi) is 5.52. The largest absolute Gasteiger partial charge is 0.498 e. The van der Waals surface area contributed by atoms with Gasteiger partial charge in [0, 0.05) is 0 Å². The highest BCUT2D eigenvalue weighted by atomic mass is 16.6. The molecule has 2 atom stereocenters. The van der Waals surface area contributed by atoms with Crippen LogP contribution in [0.5, 0.6) is 0 Å². The smallest absolute Gasteiger partial charge is 0.309 e. The molecule has 1 aliphatic rings. The second-order valence-corrected chi connectivity index (χ2v) is 4.04. The monoisotopic (exact) mass is 242 g/mol. The number of carboxylic acids is 1. The second kappa shape index (κ2) is 6.93. The highest BCUT2D eigenvalue weighted by Crippen LogP contribution is 2.31. The lowest BCUT2D eigenvalue weighted by Gasteiger charge is -2.26. The van der Waals surface area contributed by atoms with E-state index in [1.165, 1.54) is 6.26 Å². The van der Waals surface area contributed by atoms with Gasteiger partial charge in [0.1, 0.15) is 13.2 Å². The molecule has 0 spiro atoms. The molecular weight excluding hydrogens is 224 g/mol. The molecule has 0 saturated heterocycles. The molecule has 17 heavy (non-hydrogen) atoms. The Morgan fingerprint density at radius 2 is 1.88 bits per heavy atom. The van der Waals surface area contributed by atoms with Crippen LogP contribution in [0, 0.1) is 11.8 Å². The van der Waals surface area contributed by atoms with E-state index < -0.39 is 23.8 Å². The van der Waals surface area contributed by atoms with Crippen molar-refractivity contribution >= 4 is 11.9 Å². The minimum absolute atomic E-state index is 0.133. The fraction of sp³-hybridized carbons (Fsp3) is 0.667. The summed E-state index contributed by atoms with van der Waals surface area (Å²) in [7, 11) is 0. The van der Waals surface area contributed by atoms with E-state index in [0.29, 0.717) is 12.8 Å². The molecule has 1 fully saturated rings. The Morgan fingerprint density at radius 3 is 2.47 bits per heavy atom. The zero-order valence-electron chi connectivity index (χ0n) is 9.76. The lowest BCUT2D eigenvalue weighted by atomic mass is 9.79. The van der Waals surface area contributed by atoms with Gasteiger partial charge in [-0.2, -0.15) is 0 Å². The maximum absolute atomic E-state index is 11.7. The van der Waals surface area contributed by atoms with E-state index in [1.807, 2.05) is 0 Å². The molecule has 1 saturated carbocycles. The summed E-state index contributed by atoms with van der Waals surface area (Å²) in [5.41, 5.74) is 0. The standard InChI is InChI=1S/C12H18O5/c1-2-16-7-8-17-12(15)10-6-4-3-5-9(10)11(13)14/h2,9-10H,1,3-8H2,(H,13,14). The van der Waals surface area contributed by atoms with Gasteiger partial charge in [-0.1, -0.05) is 19.4 Å². The third-order valence-corrected chi connectivity index (χ3v) is 2.95. The zero-order chi connectivity index (χ0) is 12.7. The van der Waals surface area contributed by atoms with Gasteiger partial charge in [-0.15, -0.1) is 0 Å². The first-order valence-electron chi connectivity index (χ1n) is 5.78. The third kappa shape index (κ3) is 4.09. The van der Waals surface area contributed by atoms with E-state index in [1.54, 1.807) is 0 Å². The van der Waals surface area contributed by atoms with Crippen molar-refractivity contribution in [3.8, 4) is 0 Å². The van der Waals surface area contributed by atoms with Gasteiger partial charge in [0.05, 0.1) is 18.1 Å². The molecule has 0 aromatic carbocycles. The normalized spacial score (nSPS) is 23.8. The van der Waals surface area contributed by atoms with Crippen molar-refractivity contribution in [3.05, 3.63) is 12.8 Å². The van der Waals surface area contributed by atoms with Crippen LogP contribution in [0.3, 0.4) is 0 Å². The fourth-order valence-electron chi connectivity index (χ4n) is 2.09. The van der Waals surface area contributed by atoms with Crippen LogP contribution >= 0.6 is 0 Å². The highest BCUT2D eigenvalue weighted by Gasteiger charge is 2.36. The predicted octanol–water partition coefficient (Wildman–Crippen LogP) is 1.58. The fourth-order valence-corrected chi connectivity index (χ4v) is 2.09. The van der Waals surface area contributed by atoms with E-state index in [-0.39, 0.29) is 13.2 Å². The van der Waals surface area contributed by atoms with Gasteiger partial charge < -0.3 is 14.6 Å². The minimum Gasteiger partial charge on any atom is -0.498 e. The lowest BCUT2D eigenvalue weighted by Crippen LogP contribution is -2.34. The number of rotatable bonds is 6. The van der Waals surface area contributed by atoms with E-state index in [4.69, 9.17) is 14.6 Å². The van der Waals surface area contributed by atoms with Crippen LogP contribution in [0.25, 0.3) is 0 Å². The maximum atomic E-state index is 11.7. The Bertz CT molecular complexity index is 287. The Balaban J connectivity index is 2.42. The molecule has 0 bridgehead atoms. The molecule has 0 aliphatic heterocycles. The van der Waals surface area contributed by atoms with Crippen LogP contribution in [-0.2, 0) is 19.1 Å². The highest BCUT2D eigenvalue weighted by molar-refractivity contribution is 5.81. The average molecular weight is 242 g/mol. The molecule has 5 heteroatoms. The van der Waals surface area contributed by atoms with E-state index in [9.17, 15) is 9.59 Å². The first-order chi connectivity index (χ1) is 8.16. The number of hydrogen-bond donors (Lipinski definition) is 1. The minimum atomic E-state index is -0.908. The van der Waals surface area contributed by atoms with Crippen molar-refractivity contribution in [2.45, 2.75) is 25.7 Å². The Hall–Kier alpha value is -1.52. The summed E-state index contributed by atoms with van der Waals surface area (Å²) in [6.07, 6.45) is 4.16. The molecule has 0 aromatic heterocycles. The van der Waals surface area contributed by atoms with Crippen molar-refractivity contribution in [2.75, 3.05) is 13.2 Å². The molecule has 1 aliphatic carbocycles. The van der Waals surface area contributed by atoms with Crippen LogP contribution in [0.15, 0.2) is 12.8 Å². The van der Waals surface area contributed by atoms with Gasteiger partial charge in [-0.25, -0.2) is 0 Å². The van der Waals surface area contributed by atoms with Crippen LogP contribution in [0.1, 0.15) is 25.7 Å². The first kappa shape index (κ1) is 13.5. The Morgan fingerprint density at radius 1 is 1.24 bits per heavy atom. The van der Waals surface area contributed by atoms with Gasteiger partial charge >= 0.3 is 11.9 Å². The van der Waals surface area contributed by atoms with E-state index >= 15 is 0 Å². The molecule has 1 N–H and O–H groups in total. The summed E-state index contributed by atoms with van der Waals surface area (Å²) in [6.45, 7) is 3.74. The van der Waals surface area contributed by atoms with Crippen molar-refractivity contribution in [3.63, 3.8) is 0 Å². The second-order valence-electron chi connectivity index (χ2n) is 4.04. The molecule has 0 amide bonds. The topological polar surface area (TPSA) is 72.8 Å². The van der Waals surface area contributed by atoms with E-state index in [0.717, 1.165) is 12.8 Å². The third-order valence-electron chi connectivity index (χ3n) is 2.95. The number of carbonyl (C=O) groups excluding carboxylic acids is 1. The molecular formula is C12H18O5. The van der Waals surface area contributed by atoms with Gasteiger partial charge in [-0.3, -0.25) is 9.59 Å². The predicted molar refractivity (Wildman–Crippen MR) is 60.2 cm³/mol. The first-order valence-corrected chi connectivity index (χ1v) is 5.78. The number of carboxylic acid groups (broad SMARTS) is 1. The van der Waals surface area contributed by atoms with Crippen molar-refractivity contribution in [2.24, 2.45) is 11.8 Å². The summed E-state index contributed by atoms with van der Waals surface area (Å²) >= 11 is 0. The van der Waals surface area contributed by atoms with Crippen LogP contribution < -0.4 is 0 Å². The average Bonchev–Trinajstić information content (AvgIpc) is 2.34. The lowest BCUT2D eigenvalue weighted by molar-refractivity contribution is -0.160. The summed E-state index contributed by atoms with van der Waals surface area (Å²) in [4.78, 5) is 22.7. The Labute approximate surface area is 100 Å². The molecule has 0 radical (unpaired) electrons. The number of esters is 1. The number of ether oxygens (including phenoxy) is 2. The molecule has 1 rings (SSSR count). The summed E-state index contributed by atoms with van der Waals surface area (Å²) in [6, 6.07) is 0. The van der Waals surface area contributed by atoms with Crippen molar-refractivity contribution < 1.29 is 24.2 Å². The number of hydrogen-bond acceptors (Lipinski definition) is 4. The zero-order valence-corrected chi connectivity index (χ0v) is 9.76. The molecule has 0 heterocycles. The number of carbonyl (C=O) groups is 2. The maximum Gasteiger partial charge on any atom is 0.309 e. The molecule has 5 nitrogen and oxygen atoms in total. The van der Waals surface area contributed by atoms with Gasteiger partial charge in [0.25, 0.3) is 0 Å². The summed E-state index contributed by atoms with van der Waals surface area (Å²) in [5.74, 6) is -2.44. The van der Waals surface area contributed by atoms with Crippen molar-refractivity contribution in [1.29, 1.82) is 0 Å². The van der Waals surface area contributed by atoms with Gasteiger partial charge in [-0.05, 0) is 12.8 Å². The van der Waals surface area contributed by atoms with Gasteiger partial charge in [0.15, 0.2) is 0 Å². The summed E-state index contributed by atoms with van der Waals surface area (Å²) in [5, 5.41) is 9.02. The summed E-state index contributed by atoms with van der Waals surface area (Å²) < 4.78 is 9.80. The van der Waals surface area contributed by atoms with E-state index in [2.05, 4.69) is 6.58 Å². The van der Waals surface area contributed by atoms with Crippen LogP contribution in [-0.4, -0.2) is 30.3 Å². The molecule has 0 aromatic rings. The SMILES string of the molecule is C=COCCOC(=O)C1CCCCC1C(=O)O. The van der Waals surface area contributed by atoms with Crippen LogP contribution in [0.2, 0.25) is 0 Å². The van der Waals surface area contributed by atoms with Crippen molar-refractivity contribution in [1.82, 2.24) is 0 Å². The quantitative estimate of drug-likeness (QED) is 0.435. The number of aliphatic carboxylic acids is 1. The van der Waals surface area contributed by atoms with Gasteiger partial charge in [0.2, 0.25) is 0 Å². The van der Waals surface area contributed by atoms with Crippen LogP contribution in [0.4, 0.5) is 0 Å².